The van der Waals surface area contributed by atoms with Crippen LogP contribution in [-0.2, 0) is 9.47 Å². The van der Waals surface area contributed by atoms with Crippen molar-refractivity contribution in [3.8, 4) is 0 Å². The zero-order chi connectivity index (χ0) is 10.1. The molecule has 3 heteroatoms. The third kappa shape index (κ3) is 7.96. The minimum atomic E-state index is 0.0482. The average Bonchev–Trinajstić information content (AvgIpc) is 2.09. The highest BCUT2D eigenvalue weighted by atomic mass is 16.7. The molecule has 3 nitrogen and oxygen atoms in total. The van der Waals surface area contributed by atoms with E-state index in [1.54, 1.807) is 13.2 Å². The van der Waals surface area contributed by atoms with Crippen LogP contribution in [0.5, 0.6) is 0 Å². The zero-order valence-electron chi connectivity index (χ0n) is 8.69. The number of ether oxygens (including phenoxy) is 2. The van der Waals surface area contributed by atoms with Crippen molar-refractivity contribution < 1.29 is 14.6 Å². The lowest BCUT2D eigenvalue weighted by molar-refractivity contribution is -0.0605. The summed E-state index contributed by atoms with van der Waals surface area (Å²) in [5, 5.41) is 8.60. The number of hydrogen-bond donors (Lipinski definition) is 1. The molecule has 0 saturated heterocycles. The maximum absolute atomic E-state index is 8.60. The zero-order valence-corrected chi connectivity index (χ0v) is 8.69. The van der Waals surface area contributed by atoms with E-state index in [1.807, 2.05) is 6.08 Å². The van der Waals surface area contributed by atoms with E-state index in [0.29, 0.717) is 12.7 Å². The smallest absolute Gasteiger partial charge is 0.147 e. The summed E-state index contributed by atoms with van der Waals surface area (Å²) in [7, 11) is 1.60. The maximum atomic E-state index is 8.60. The van der Waals surface area contributed by atoms with E-state index in [2.05, 4.69) is 13.8 Å². The second kappa shape index (κ2) is 8.23. The Kier molecular flexibility index (Phi) is 7.99. The Bertz CT molecular complexity index is 132. The van der Waals surface area contributed by atoms with Gasteiger partial charge in [0.15, 0.2) is 0 Å². The van der Waals surface area contributed by atoms with Gasteiger partial charge in [0.2, 0.25) is 0 Å². The monoisotopic (exact) mass is 188 g/mol. The summed E-state index contributed by atoms with van der Waals surface area (Å²) >= 11 is 0. The summed E-state index contributed by atoms with van der Waals surface area (Å²) < 4.78 is 10.2. The van der Waals surface area contributed by atoms with Crippen LogP contribution in [0.4, 0.5) is 0 Å². The predicted molar refractivity (Wildman–Crippen MR) is 52.4 cm³/mol. The lowest BCUT2D eigenvalue weighted by atomic mass is 10.1. The van der Waals surface area contributed by atoms with Crippen LogP contribution in [0.1, 0.15) is 20.3 Å². The van der Waals surface area contributed by atoms with Gasteiger partial charge in [-0.2, -0.15) is 0 Å². The van der Waals surface area contributed by atoms with Crippen molar-refractivity contribution in [1.29, 1.82) is 0 Å². The third-order valence-corrected chi connectivity index (χ3v) is 1.56. The minimum Gasteiger partial charge on any atom is -0.392 e. The molecule has 0 saturated carbocycles. The lowest BCUT2D eigenvalue weighted by Crippen LogP contribution is -2.14. The van der Waals surface area contributed by atoms with Crippen LogP contribution in [0.3, 0.4) is 0 Å². The quantitative estimate of drug-likeness (QED) is 0.487. The molecule has 0 unspecified atom stereocenters. The van der Waals surface area contributed by atoms with Crippen molar-refractivity contribution in [2.75, 3.05) is 20.5 Å². The van der Waals surface area contributed by atoms with E-state index in [1.165, 1.54) is 0 Å². The Balaban J connectivity index is 3.80. The van der Waals surface area contributed by atoms with E-state index < -0.39 is 0 Å². The number of aliphatic hydroxyl groups excluding tert-OH is 1. The van der Waals surface area contributed by atoms with E-state index in [4.69, 9.17) is 14.6 Å². The van der Waals surface area contributed by atoms with Crippen molar-refractivity contribution >= 4 is 0 Å². The van der Waals surface area contributed by atoms with Crippen molar-refractivity contribution in [1.82, 2.24) is 0 Å². The summed E-state index contributed by atoms with van der Waals surface area (Å²) in [6.07, 6.45) is 4.56. The highest BCUT2D eigenvalue weighted by molar-refractivity contribution is 4.89. The normalized spacial score (nSPS) is 14.2. The van der Waals surface area contributed by atoms with Gasteiger partial charge in [-0.1, -0.05) is 26.0 Å². The fraction of sp³-hybridized carbons (Fsp3) is 0.800. The lowest BCUT2D eigenvalue weighted by Gasteiger charge is -2.15. The van der Waals surface area contributed by atoms with Gasteiger partial charge in [0.25, 0.3) is 0 Å². The first-order chi connectivity index (χ1) is 6.20. The van der Waals surface area contributed by atoms with Gasteiger partial charge in [-0.3, -0.25) is 0 Å². The molecule has 0 rings (SSSR count). The van der Waals surface area contributed by atoms with Crippen LogP contribution in [0.25, 0.3) is 0 Å². The summed E-state index contributed by atoms with van der Waals surface area (Å²) in [5.74, 6) is 0.574. The van der Waals surface area contributed by atoms with Crippen LogP contribution in [0, 0.1) is 5.92 Å². The van der Waals surface area contributed by atoms with Crippen LogP contribution >= 0.6 is 0 Å². The first kappa shape index (κ1) is 12.6. The maximum Gasteiger partial charge on any atom is 0.147 e. The molecule has 78 valence electrons. The standard InChI is InChI=1S/C10H20O3/c1-9(2)7-10(5-4-6-11)13-8-12-3/h4-5,9-11H,6-8H2,1-3H3/b5-4+/t10-/m1/s1. The first-order valence-corrected chi connectivity index (χ1v) is 4.58. The average molecular weight is 188 g/mol. The topological polar surface area (TPSA) is 38.7 Å². The summed E-state index contributed by atoms with van der Waals surface area (Å²) in [5.41, 5.74) is 0. The Morgan fingerprint density at radius 3 is 2.54 bits per heavy atom. The Hall–Kier alpha value is -0.380. The third-order valence-electron chi connectivity index (χ3n) is 1.56. The molecule has 0 fully saturated rings. The fourth-order valence-corrected chi connectivity index (χ4v) is 1.03. The van der Waals surface area contributed by atoms with Gasteiger partial charge in [0.05, 0.1) is 12.7 Å². The molecule has 0 aromatic rings. The molecular weight excluding hydrogens is 168 g/mol. The molecule has 0 aliphatic carbocycles. The molecular formula is C10H20O3. The second-order valence-corrected chi connectivity index (χ2v) is 3.35. The molecule has 1 atom stereocenters. The number of rotatable bonds is 7. The van der Waals surface area contributed by atoms with Crippen LogP contribution in [0.2, 0.25) is 0 Å². The van der Waals surface area contributed by atoms with Gasteiger partial charge in [-0.05, 0) is 12.3 Å². The number of methoxy groups -OCH3 is 1. The van der Waals surface area contributed by atoms with Crippen molar-refractivity contribution in [2.24, 2.45) is 5.92 Å². The van der Waals surface area contributed by atoms with Crippen LogP contribution < -0.4 is 0 Å². The minimum absolute atomic E-state index is 0.0482. The van der Waals surface area contributed by atoms with E-state index in [0.717, 1.165) is 6.42 Å². The largest absolute Gasteiger partial charge is 0.392 e. The molecule has 0 heterocycles. The molecule has 0 aromatic carbocycles. The van der Waals surface area contributed by atoms with Gasteiger partial charge in [-0.15, -0.1) is 0 Å². The van der Waals surface area contributed by atoms with E-state index in [-0.39, 0.29) is 12.7 Å². The van der Waals surface area contributed by atoms with Crippen molar-refractivity contribution in [3.05, 3.63) is 12.2 Å². The van der Waals surface area contributed by atoms with E-state index in [9.17, 15) is 0 Å². The SMILES string of the molecule is COCO[C@H](/C=C/CO)CC(C)C. The highest BCUT2D eigenvalue weighted by Crippen LogP contribution is 2.09. The Labute approximate surface area is 80.4 Å². The molecule has 0 amide bonds. The van der Waals surface area contributed by atoms with Crippen LogP contribution in [0.15, 0.2) is 12.2 Å². The number of aliphatic hydroxyl groups is 1. The Morgan fingerprint density at radius 2 is 2.08 bits per heavy atom. The molecule has 1 N–H and O–H groups in total. The molecule has 0 aromatic heterocycles. The molecule has 13 heavy (non-hydrogen) atoms. The van der Waals surface area contributed by atoms with Gasteiger partial charge in [-0.25, -0.2) is 0 Å². The predicted octanol–water partition coefficient (Wildman–Crippen LogP) is 1.57. The fourth-order valence-electron chi connectivity index (χ4n) is 1.03. The van der Waals surface area contributed by atoms with Gasteiger partial charge < -0.3 is 14.6 Å². The summed E-state index contributed by atoms with van der Waals surface area (Å²) in [6, 6.07) is 0. The highest BCUT2D eigenvalue weighted by Gasteiger charge is 2.06. The summed E-state index contributed by atoms with van der Waals surface area (Å²) in [4.78, 5) is 0. The molecule has 0 aliphatic heterocycles. The van der Waals surface area contributed by atoms with Gasteiger partial charge in [0.1, 0.15) is 6.79 Å². The summed E-state index contributed by atoms with van der Waals surface area (Å²) in [6.45, 7) is 4.63. The molecule has 0 aliphatic rings. The first-order valence-electron chi connectivity index (χ1n) is 4.58. The molecule has 0 radical (unpaired) electrons. The van der Waals surface area contributed by atoms with Crippen molar-refractivity contribution in [3.63, 3.8) is 0 Å². The Morgan fingerprint density at radius 1 is 1.38 bits per heavy atom. The van der Waals surface area contributed by atoms with E-state index >= 15 is 0 Å². The van der Waals surface area contributed by atoms with Gasteiger partial charge in [0, 0.05) is 7.11 Å². The molecule has 0 bridgehead atoms. The van der Waals surface area contributed by atoms with Crippen LogP contribution in [-0.4, -0.2) is 31.7 Å². The second-order valence-electron chi connectivity index (χ2n) is 3.35. The molecule has 0 spiro atoms. The van der Waals surface area contributed by atoms with Gasteiger partial charge >= 0.3 is 0 Å². The van der Waals surface area contributed by atoms with Crippen molar-refractivity contribution in [2.45, 2.75) is 26.4 Å². The number of hydrogen-bond acceptors (Lipinski definition) is 3.